The molecule has 14 heavy (non-hydrogen) atoms. The van der Waals surface area contributed by atoms with E-state index < -0.39 is 0 Å². The third-order valence-corrected chi connectivity index (χ3v) is 3.45. The first-order chi connectivity index (χ1) is 6.88. The van der Waals surface area contributed by atoms with Gasteiger partial charge in [0.2, 0.25) is 0 Å². The van der Waals surface area contributed by atoms with Crippen LogP contribution in [0, 0.1) is 5.92 Å². The van der Waals surface area contributed by atoms with Gasteiger partial charge in [-0.1, -0.05) is 32.6 Å². The maximum atomic E-state index is 5.92. The summed E-state index contributed by atoms with van der Waals surface area (Å²) >= 11 is 0. The first-order valence-corrected chi connectivity index (χ1v) is 7.01. The van der Waals surface area contributed by atoms with Crippen LogP contribution in [-0.4, -0.2) is 18.9 Å². The molecule has 3 unspecified atom stereocenters. The van der Waals surface area contributed by atoms with Crippen molar-refractivity contribution in [2.24, 2.45) is 5.92 Å². The number of ether oxygens (including phenoxy) is 1. The zero-order valence-electron chi connectivity index (χ0n) is 9.50. The van der Waals surface area contributed by atoms with Gasteiger partial charge in [-0.3, -0.25) is 0 Å². The summed E-state index contributed by atoms with van der Waals surface area (Å²) in [6.45, 7) is 3.21. The highest BCUT2D eigenvalue weighted by atomic mass is 31.0. The third-order valence-electron chi connectivity index (χ3n) is 3.22. The Morgan fingerprint density at radius 1 is 1.29 bits per heavy atom. The van der Waals surface area contributed by atoms with E-state index in [1.165, 1.54) is 44.9 Å². The summed E-state index contributed by atoms with van der Waals surface area (Å²) in [4.78, 5) is 0. The molecule has 1 aliphatic carbocycles. The zero-order valence-corrected chi connectivity index (χ0v) is 10.7. The van der Waals surface area contributed by atoms with Crippen molar-refractivity contribution in [2.75, 3.05) is 12.8 Å². The molecule has 2 heteroatoms. The lowest BCUT2D eigenvalue weighted by Crippen LogP contribution is -2.28. The molecule has 0 amide bonds. The van der Waals surface area contributed by atoms with Gasteiger partial charge in [0.1, 0.15) is 0 Å². The Labute approximate surface area is 91.2 Å². The van der Waals surface area contributed by atoms with Crippen LogP contribution in [0.25, 0.3) is 0 Å². The average molecular weight is 216 g/mol. The van der Waals surface area contributed by atoms with E-state index in [2.05, 4.69) is 16.2 Å². The van der Waals surface area contributed by atoms with E-state index in [-0.39, 0.29) is 0 Å². The van der Waals surface area contributed by atoms with Crippen molar-refractivity contribution in [1.82, 2.24) is 0 Å². The highest BCUT2D eigenvalue weighted by Gasteiger charge is 2.24. The molecular weight excluding hydrogens is 191 g/mol. The van der Waals surface area contributed by atoms with Crippen LogP contribution in [-0.2, 0) is 4.74 Å². The van der Waals surface area contributed by atoms with Crippen molar-refractivity contribution in [3.8, 4) is 0 Å². The summed E-state index contributed by atoms with van der Waals surface area (Å²) in [5.41, 5.74) is 0. The second-order valence-corrected chi connectivity index (χ2v) is 4.96. The molecule has 1 aliphatic rings. The molecule has 0 aromatic rings. The van der Waals surface area contributed by atoms with Gasteiger partial charge in [0, 0.05) is 0 Å². The Morgan fingerprint density at radius 3 is 2.79 bits per heavy atom. The Morgan fingerprint density at radius 2 is 2.07 bits per heavy atom. The van der Waals surface area contributed by atoms with E-state index in [1.807, 2.05) is 0 Å². The fourth-order valence-electron chi connectivity index (χ4n) is 2.41. The molecule has 0 radical (unpaired) electrons. The maximum absolute atomic E-state index is 5.92. The fourth-order valence-corrected chi connectivity index (χ4v) is 2.55. The normalized spacial score (nSPS) is 27.9. The predicted molar refractivity (Wildman–Crippen MR) is 65.8 cm³/mol. The largest absolute Gasteiger partial charge is 0.378 e. The Hall–Kier alpha value is 0.390. The maximum Gasteiger partial charge on any atom is 0.0603 e. The topological polar surface area (TPSA) is 9.23 Å². The minimum absolute atomic E-state index is 0.579. The summed E-state index contributed by atoms with van der Waals surface area (Å²) in [6.07, 6.45) is 11.3. The average Bonchev–Trinajstić information content (AvgIpc) is 2.24. The molecule has 0 aromatic heterocycles. The molecule has 0 spiro atoms. The number of unbranched alkanes of at least 4 members (excludes halogenated alkanes) is 1. The van der Waals surface area contributed by atoms with Crippen LogP contribution in [0.3, 0.4) is 0 Å². The van der Waals surface area contributed by atoms with E-state index in [0.29, 0.717) is 6.10 Å². The van der Waals surface area contributed by atoms with E-state index in [9.17, 15) is 0 Å². The number of hydrogen-bond donors (Lipinski definition) is 0. The molecule has 1 fully saturated rings. The standard InChI is InChI=1S/C12H25OP/c1-2-3-6-11-7-4-5-8-12(11)13-9-10-14/h11-12H,2-10,14H2,1H3. The molecule has 3 atom stereocenters. The molecule has 0 bridgehead atoms. The van der Waals surface area contributed by atoms with Crippen LogP contribution >= 0.6 is 9.24 Å². The van der Waals surface area contributed by atoms with Gasteiger partial charge >= 0.3 is 0 Å². The van der Waals surface area contributed by atoms with Gasteiger partial charge in [-0.05, 0) is 31.3 Å². The molecule has 1 saturated carbocycles. The van der Waals surface area contributed by atoms with Crippen molar-refractivity contribution in [2.45, 2.75) is 58.0 Å². The minimum Gasteiger partial charge on any atom is -0.378 e. The lowest BCUT2D eigenvalue weighted by atomic mass is 9.83. The minimum atomic E-state index is 0.579. The quantitative estimate of drug-likeness (QED) is 0.616. The van der Waals surface area contributed by atoms with Gasteiger partial charge in [-0.25, -0.2) is 0 Å². The Kier molecular flexibility index (Phi) is 6.81. The molecule has 1 nitrogen and oxygen atoms in total. The third kappa shape index (κ3) is 4.28. The summed E-state index contributed by atoms with van der Waals surface area (Å²) in [7, 11) is 2.74. The fraction of sp³-hybridized carbons (Fsp3) is 1.00. The molecule has 0 aliphatic heterocycles. The van der Waals surface area contributed by atoms with E-state index in [1.54, 1.807) is 0 Å². The van der Waals surface area contributed by atoms with Gasteiger partial charge in [0.05, 0.1) is 12.7 Å². The highest BCUT2D eigenvalue weighted by Crippen LogP contribution is 2.30. The summed E-state index contributed by atoms with van der Waals surface area (Å²) in [5, 5.41) is 0. The second kappa shape index (κ2) is 7.65. The smallest absolute Gasteiger partial charge is 0.0603 e. The van der Waals surface area contributed by atoms with Gasteiger partial charge in [-0.15, -0.1) is 9.24 Å². The molecule has 0 N–H and O–H groups in total. The summed E-state index contributed by atoms with van der Waals surface area (Å²) in [6, 6.07) is 0. The van der Waals surface area contributed by atoms with Crippen LogP contribution in [0.15, 0.2) is 0 Å². The lowest BCUT2D eigenvalue weighted by molar-refractivity contribution is -0.00626. The number of rotatable bonds is 6. The molecule has 0 heterocycles. The van der Waals surface area contributed by atoms with Crippen molar-refractivity contribution >= 4 is 9.24 Å². The van der Waals surface area contributed by atoms with E-state index in [4.69, 9.17) is 4.74 Å². The van der Waals surface area contributed by atoms with Gasteiger partial charge in [0.25, 0.3) is 0 Å². The van der Waals surface area contributed by atoms with E-state index in [0.717, 1.165) is 18.7 Å². The van der Waals surface area contributed by atoms with Crippen molar-refractivity contribution in [1.29, 1.82) is 0 Å². The van der Waals surface area contributed by atoms with Crippen molar-refractivity contribution < 1.29 is 4.74 Å². The van der Waals surface area contributed by atoms with Crippen LogP contribution < -0.4 is 0 Å². The molecular formula is C12H25OP. The van der Waals surface area contributed by atoms with Crippen molar-refractivity contribution in [3.63, 3.8) is 0 Å². The monoisotopic (exact) mass is 216 g/mol. The molecule has 84 valence electrons. The van der Waals surface area contributed by atoms with Gasteiger partial charge in [0.15, 0.2) is 0 Å². The van der Waals surface area contributed by atoms with Crippen molar-refractivity contribution in [3.05, 3.63) is 0 Å². The molecule has 0 saturated heterocycles. The lowest BCUT2D eigenvalue weighted by Gasteiger charge is -2.31. The molecule has 0 aromatic carbocycles. The zero-order chi connectivity index (χ0) is 10.2. The first-order valence-electron chi connectivity index (χ1n) is 6.20. The van der Waals surface area contributed by atoms with Crippen LogP contribution in [0.5, 0.6) is 0 Å². The predicted octanol–water partition coefficient (Wildman–Crippen LogP) is 3.63. The first kappa shape index (κ1) is 12.5. The summed E-state index contributed by atoms with van der Waals surface area (Å²) < 4.78 is 5.92. The van der Waals surface area contributed by atoms with Crippen LogP contribution in [0.2, 0.25) is 0 Å². The van der Waals surface area contributed by atoms with Gasteiger partial charge in [-0.2, -0.15) is 0 Å². The second-order valence-electron chi connectivity index (χ2n) is 4.38. The Bertz CT molecular complexity index is 122. The van der Waals surface area contributed by atoms with Crippen LogP contribution in [0.1, 0.15) is 51.9 Å². The Balaban J connectivity index is 2.26. The SMILES string of the molecule is CCCCC1CCCCC1OCCP. The number of hydrogen-bond acceptors (Lipinski definition) is 1. The summed E-state index contributed by atoms with van der Waals surface area (Å²) in [5.74, 6) is 0.861. The van der Waals surface area contributed by atoms with Crippen LogP contribution in [0.4, 0.5) is 0 Å². The van der Waals surface area contributed by atoms with Gasteiger partial charge < -0.3 is 4.74 Å². The molecule has 1 rings (SSSR count). The van der Waals surface area contributed by atoms with E-state index >= 15 is 0 Å². The highest BCUT2D eigenvalue weighted by molar-refractivity contribution is 7.16.